The van der Waals surface area contributed by atoms with Crippen molar-refractivity contribution in [1.82, 2.24) is 9.21 Å². The second-order valence-corrected chi connectivity index (χ2v) is 10.4. The number of hydrogen-bond donors (Lipinski definition) is 0. The lowest BCUT2D eigenvalue weighted by molar-refractivity contribution is -0.132. The van der Waals surface area contributed by atoms with Crippen molar-refractivity contribution < 1.29 is 13.2 Å². The molecule has 0 bridgehead atoms. The average Bonchev–Trinajstić information content (AvgIpc) is 3.14. The summed E-state index contributed by atoms with van der Waals surface area (Å²) < 4.78 is 27.8. The zero-order valence-electron chi connectivity index (χ0n) is 16.8. The third-order valence-electron chi connectivity index (χ3n) is 5.19. The average molecular weight is 421 g/mol. The van der Waals surface area contributed by atoms with Crippen LogP contribution >= 0.6 is 11.3 Å². The lowest BCUT2D eigenvalue weighted by atomic mass is 10.1. The van der Waals surface area contributed by atoms with Gasteiger partial charge in [0.05, 0.1) is 4.90 Å². The highest BCUT2D eigenvalue weighted by Gasteiger charge is 2.32. The van der Waals surface area contributed by atoms with Crippen molar-refractivity contribution in [3.05, 3.63) is 51.2 Å². The first-order valence-electron chi connectivity index (χ1n) is 9.67. The van der Waals surface area contributed by atoms with Crippen molar-refractivity contribution >= 4 is 27.3 Å². The summed E-state index contributed by atoms with van der Waals surface area (Å²) in [5, 5.41) is 2.05. The van der Waals surface area contributed by atoms with Crippen LogP contribution in [-0.4, -0.2) is 49.7 Å². The second kappa shape index (κ2) is 8.76. The maximum Gasteiger partial charge on any atom is 0.243 e. The van der Waals surface area contributed by atoms with E-state index in [-0.39, 0.29) is 5.91 Å². The molecule has 1 saturated heterocycles. The van der Waals surface area contributed by atoms with Gasteiger partial charge in [0.25, 0.3) is 0 Å². The summed E-state index contributed by atoms with van der Waals surface area (Å²) in [6.45, 7) is 7.29. The van der Waals surface area contributed by atoms with Crippen LogP contribution in [0.4, 0.5) is 0 Å². The molecule has 1 aliphatic rings. The molecular formula is C21H28N2O3S2. The molecule has 1 aromatic heterocycles. The molecule has 1 aliphatic heterocycles. The standard InChI is InChI=1S/C21H28N2O3S2/c1-16-14-17(2)21(18(3)15-16)28(25,26)23-11-9-22(10-12-23)20(24)8-4-6-19-7-5-13-27-19/h5,7,13-15H,4,6,8-12H2,1-3H3. The maximum atomic E-state index is 13.1. The van der Waals surface area contributed by atoms with E-state index in [2.05, 4.69) is 6.07 Å². The summed E-state index contributed by atoms with van der Waals surface area (Å²) in [5.41, 5.74) is 2.63. The largest absolute Gasteiger partial charge is 0.340 e. The number of thiophene rings is 1. The first-order chi connectivity index (χ1) is 13.3. The minimum Gasteiger partial charge on any atom is -0.340 e. The van der Waals surface area contributed by atoms with E-state index in [1.54, 1.807) is 16.2 Å². The molecule has 0 radical (unpaired) electrons. The van der Waals surface area contributed by atoms with Gasteiger partial charge >= 0.3 is 0 Å². The van der Waals surface area contributed by atoms with E-state index in [4.69, 9.17) is 0 Å². The maximum absolute atomic E-state index is 13.1. The normalized spacial score (nSPS) is 15.8. The molecule has 0 aliphatic carbocycles. The molecule has 152 valence electrons. The summed E-state index contributed by atoms with van der Waals surface area (Å²) >= 11 is 1.72. The van der Waals surface area contributed by atoms with Crippen LogP contribution in [0.5, 0.6) is 0 Å². The van der Waals surface area contributed by atoms with Crippen LogP contribution in [0.1, 0.15) is 34.4 Å². The number of hydrogen-bond acceptors (Lipinski definition) is 4. The number of aryl methyl sites for hydroxylation is 4. The number of carbonyl (C=O) groups excluding carboxylic acids is 1. The summed E-state index contributed by atoms with van der Waals surface area (Å²) in [7, 11) is -3.54. The quantitative estimate of drug-likeness (QED) is 0.718. The van der Waals surface area contributed by atoms with Gasteiger partial charge in [-0.1, -0.05) is 23.8 Å². The number of carbonyl (C=O) groups is 1. The third-order valence-corrected chi connectivity index (χ3v) is 8.33. The summed E-state index contributed by atoms with van der Waals surface area (Å²) in [6, 6.07) is 7.94. The van der Waals surface area contributed by atoms with E-state index >= 15 is 0 Å². The number of nitrogens with zero attached hydrogens (tertiary/aromatic N) is 2. The molecular weight excluding hydrogens is 392 g/mol. The highest BCUT2D eigenvalue weighted by molar-refractivity contribution is 7.89. The van der Waals surface area contributed by atoms with E-state index < -0.39 is 10.0 Å². The Hall–Kier alpha value is -1.70. The topological polar surface area (TPSA) is 57.7 Å². The highest BCUT2D eigenvalue weighted by atomic mass is 32.2. The van der Waals surface area contributed by atoms with Gasteiger partial charge < -0.3 is 4.90 Å². The first-order valence-corrected chi connectivity index (χ1v) is 12.0. The smallest absolute Gasteiger partial charge is 0.243 e. The molecule has 0 N–H and O–H groups in total. The Morgan fingerprint density at radius 3 is 2.29 bits per heavy atom. The van der Waals surface area contributed by atoms with E-state index in [1.165, 1.54) is 9.18 Å². The Morgan fingerprint density at radius 1 is 1.07 bits per heavy atom. The molecule has 28 heavy (non-hydrogen) atoms. The molecule has 1 amide bonds. The molecule has 2 heterocycles. The molecule has 0 atom stereocenters. The van der Waals surface area contributed by atoms with Gasteiger partial charge in [-0.15, -0.1) is 11.3 Å². The van der Waals surface area contributed by atoms with Crippen molar-refractivity contribution in [2.24, 2.45) is 0 Å². The monoisotopic (exact) mass is 420 g/mol. The van der Waals surface area contributed by atoms with Gasteiger partial charge in [-0.05, 0) is 56.2 Å². The Bertz CT molecular complexity index is 906. The number of sulfonamides is 1. The fraction of sp³-hybridized carbons (Fsp3) is 0.476. The third kappa shape index (κ3) is 4.64. The zero-order valence-corrected chi connectivity index (χ0v) is 18.4. The van der Waals surface area contributed by atoms with Crippen LogP contribution in [0, 0.1) is 20.8 Å². The molecule has 7 heteroatoms. The molecule has 0 unspecified atom stereocenters. The molecule has 2 aromatic rings. The highest BCUT2D eigenvalue weighted by Crippen LogP contribution is 2.26. The molecule has 0 saturated carbocycles. The van der Waals surface area contributed by atoms with Gasteiger partial charge in [0.2, 0.25) is 15.9 Å². The van der Waals surface area contributed by atoms with Gasteiger partial charge in [-0.25, -0.2) is 8.42 Å². The van der Waals surface area contributed by atoms with Gasteiger partial charge in [0.15, 0.2) is 0 Å². The zero-order chi connectivity index (χ0) is 20.3. The van der Waals surface area contributed by atoms with Crippen LogP contribution in [-0.2, 0) is 21.2 Å². The van der Waals surface area contributed by atoms with Crippen molar-refractivity contribution in [2.75, 3.05) is 26.2 Å². The van der Waals surface area contributed by atoms with Crippen LogP contribution in [0.3, 0.4) is 0 Å². The van der Waals surface area contributed by atoms with E-state index in [1.807, 2.05) is 44.4 Å². The Labute approximate surface area is 172 Å². The summed E-state index contributed by atoms with van der Waals surface area (Å²) in [4.78, 5) is 16.0. The SMILES string of the molecule is Cc1cc(C)c(S(=O)(=O)N2CCN(C(=O)CCCc3cccs3)CC2)c(C)c1. The van der Waals surface area contributed by atoms with E-state index in [0.717, 1.165) is 29.5 Å². The minimum atomic E-state index is -3.54. The van der Waals surface area contributed by atoms with Crippen LogP contribution in [0.2, 0.25) is 0 Å². The molecule has 1 aromatic carbocycles. The summed E-state index contributed by atoms with van der Waals surface area (Å²) in [5.74, 6) is 0.122. The first kappa shape index (κ1) is 21.0. The van der Waals surface area contributed by atoms with Crippen LogP contribution in [0.25, 0.3) is 0 Å². The predicted octanol–water partition coefficient (Wildman–Crippen LogP) is 3.53. The lowest BCUT2D eigenvalue weighted by Gasteiger charge is -2.34. The van der Waals surface area contributed by atoms with Crippen molar-refractivity contribution in [3.63, 3.8) is 0 Å². The van der Waals surface area contributed by atoms with Crippen LogP contribution in [0.15, 0.2) is 34.5 Å². The van der Waals surface area contributed by atoms with Crippen molar-refractivity contribution in [2.45, 2.75) is 44.9 Å². The Balaban J connectivity index is 1.58. The lowest BCUT2D eigenvalue weighted by Crippen LogP contribution is -2.50. The van der Waals surface area contributed by atoms with E-state index in [9.17, 15) is 13.2 Å². The van der Waals surface area contributed by atoms with Crippen LogP contribution < -0.4 is 0 Å². The number of rotatable bonds is 6. The fourth-order valence-corrected chi connectivity index (χ4v) is 6.49. The van der Waals surface area contributed by atoms with Gasteiger partial charge in [-0.3, -0.25) is 4.79 Å². The minimum absolute atomic E-state index is 0.122. The fourth-order valence-electron chi connectivity index (χ4n) is 3.91. The van der Waals surface area contributed by atoms with Gasteiger partial charge in [-0.2, -0.15) is 4.31 Å². The van der Waals surface area contributed by atoms with Gasteiger partial charge in [0, 0.05) is 37.5 Å². The number of amides is 1. The molecule has 0 spiro atoms. The summed E-state index contributed by atoms with van der Waals surface area (Å²) in [6.07, 6.45) is 2.27. The molecule has 1 fully saturated rings. The van der Waals surface area contributed by atoms with Gasteiger partial charge in [0.1, 0.15) is 0 Å². The molecule has 5 nitrogen and oxygen atoms in total. The Kier molecular flexibility index (Phi) is 6.58. The Morgan fingerprint density at radius 2 is 1.71 bits per heavy atom. The van der Waals surface area contributed by atoms with E-state index in [0.29, 0.717) is 37.5 Å². The number of benzene rings is 1. The van der Waals surface area contributed by atoms with Crippen molar-refractivity contribution in [3.8, 4) is 0 Å². The predicted molar refractivity (Wildman–Crippen MR) is 113 cm³/mol. The number of piperazine rings is 1. The molecule has 3 rings (SSSR count). The van der Waals surface area contributed by atoms with Crippen molar-refractivity contribution in [1.29, 1.82) is 0 Å². The second-order valence-electron chi connectivity index (χ2n) is 7.45.